The molecule has 1 N–H and O–H groups in total. The highest BCUT2D eigenvalue weighted by Gasteiger charge is 2.10. The summed E-state index contributed by atoms with van der Waals surface area (Å²) in [4.78, 5) is 8.17. The van der Waals surface area contributed by atoms with Crippen molar-refractivity contribution >= 4 is 39.2 Å². The van der Waals surface area contributed by atoms with Gasteiger partial charge in [-0.05, 0) is 30.5 Å². The lowest BCUT2D eigenvalue weighted by atomic mass is 10.3. The Balaban J connectivity index is 2.35. The second kappa shape index (κ2) is 5.85. The first-order valence-corrected chi connectivity index (χ1v) is 7.08. The minimum Gasteiger partial charge on any atom is -0.339 e. The van der Waals surface area contributed by atoms with Gasteiger partial charge in [-0.2, -0.15) is 5.26 Å². The molecule has 1 aromatic heterocycles. The summed E-state index contributed by atoms with van der Waals surface area (Å²) in [5.74, 6) is 0.527. The first-order chi connectivity index (χ1) is 8.74. The maximum absolute atomic E-state index is 9.16. The summed E-state index contributed by atoms with van der Waals surface area (Å²) in [6, 6.07) is 9.79. The molecule has 0 spiro atoms. The lowest BCUT2D eigenvalue weighted by Crippen LogP contribution is -1.99. The molecule has 6 heteroatoms. The molecule has 0 aliphatic rings. The summed E-state index contributed by atoms with van der Waals surface area (Å²) in [5.41, 5.74) is 1.34. The molecule has 2 rings (SSSR count). The predicted molar refractivity (Wildman–Crippen MR) is 76.0 cm³/mol. The first-order valence-electron chi connectivity index (χ1n) is 5.06. The number of hydrogen-bond acceptors (Lipinski definition) is 5. The van der Waals surface area contributed by atoms with Crippen molar-refractivity contribution in [3.63, 3.8) is 0 Å². The quantitative estimate of drug-likeness (QED) is 0.691. The monoisotopic (exact) mass is 320 g/mol. The Morgan fingerprint density at radius 3 is 2.61 bits per heavy atom. The van der Waals surface area contributed by atoms with Crippen molar-refractivity contribution in [2.24, 2.45) is 0 Å². The van der Waals surface area contributed by atoms with Crippen LogP contribution in [0.5, 0.6) is 0 Å². The molecule has 0 saturated heterocycles. The fourth-order valence-corrected chi connectivity index (χ4v) is 2.15. The third-order valence-corrected chi connectivity index (χ3v) is 3.45. The molecule has 1 aromatic carbocycles. The highest BCUT2D eigenvalue weighted by atomic mass is 79.9. The second-order valence-electron chi connectivity index (χ2n) is 3.35. The van der Waals surface area contributed by atoms with E-state index < -0.39 is 0 Å². The zero-order valence-corrected chi connectivity index (χ0v) is 11.9. The molecule has 2 aromatic rings. The number of nitrogens with zero attached hydrogens (tertiary/aromatic N) is 3. The minimum atomic E-state index is 0.466. The van der Waals surface area contributed by atoms with Gasteiger partial charge in [-0.3, -0.25) is 0 Å². The minimum absolute atomic E-state index is 0.466. The topological polar surface area (TPSA) is 61.6 Å². The van der Waals surface area contributed by atoms with E-state index in [4.69, 9.17) is 5.26 Å². The summed E-state index contributed by atoms with van der Waals surface area (Å²) < 4.78 is 1.00. The van der Waals surface area contributed by atoms with Crippen LogP contribution in [0.2, 0.25) is 0 Å². The summed E-state index contributed by atoms with van der Waals surface area (Å²) in [7, 11) is 0. The van der Waals surface area contributed by atoms with Crippen molar-refractivity contribution in [3.8, 4) is 6.07 Å². The van der Waals surface area contributed by atoms with Gasteiger partial charge in [0.1, 0.15) is 23.0 Å². The maximum Gasteiger partial charge on any atom is 0.152 e. The van der Waals surface area contributed by atoms with Gasteiger partial charge < -0.3 is 5.32 Å². The van der Waals surface area contributed by atoms with Gasteiger partial charge >= 0.3 is 0 Å². The number of halogens is 1. The third-order valence-electron chi connectivity index (χ3n) is 2.22. The van der Waals surface area contributed by atoms with Gasteiger partial charge in [-0.15, -0.1) is 11.8 Å². The van der Waals surface area contributed by atoms with Crippen LogP contribution in [0.15, 0.2) is 40.1 Å². The van der Waals surface area contributed by atoms with Crippen LogP contribution in [0.1, 0.15) is 5.56 Å². The molecule has 0 amide bonds. The number of hydrogen-bond donors (Lipinski definition) is 1. The Kier molecular flexibility index (Phi) is 4.18. The van der Waals surface area contributed by atoms with E-state index in [1.54, 1.807) is 0 Å². The molecule has 0 aliphatic carbocycles. The molecule has 0 unspecified atom stereocenters. The average molecular weight is 321 g/mol. The van der Waals surface area contributed by atoms with Gasteiger partial charge in [-0.25, -0.2) is 9.97 Å². The smallest absolute Gasteiger partial charge is 0.152 e. The van der Waals surface area contributed by atoms with Crippen LogP contribution >= 0.6 is 27.7 Å². The number of thioether (sulfide) groups is 1. The predicted octanol–water partition coefficient (Wildman–Crippen LogP) is 3.58. The molecule has 0 atom stereocenters. The molecule has 0 saturated carbocycles. The molecule has 90 valence electrons. The van der Waals surface area contributed by atoms with E-state index in [-0.39, 0.29) is 0 Å². The van der Waals surface area contributed by atoms with Gasteiger partial charge in [-0.1, -0.05) is 15.9 Å². The summed E-state index contributed by atoms with van der Waals surface area (Å²) in [6.07, 6.45) is 3.33. The van der Waals surface area contributed by atoms with Crippen LogP contribution in [-0.2, 0) is 0 Å². The molecular weight excluding hydrogens is 312 g/mol. The van der Waals surface area contributed by atoms with E-state index in [0.29, 0.717) is 16.4 Å². The van der Waals surface area contributed by atoms with Crippen LogP contribution in [0, 0.1) is 11.3 Å². The first kappa shape index (κ1) is 12.9. The fraction of sp³-hybridized carbons (Fsp3) is 0.0833. The van der Waals surface area contributed by atoms with Crippen LogP contribution in [0.4, 0.5) is 11.5 Å². The van der Waals surface area contributed by atoms with Crippen molar-refractivity contribution in [2.75, 3.05) is 11.6 Å². The lowest BCUT2D eigenvalue weighted by Gasteiger charge is -2.08. The number of nitriles is 1. The lowest BCUT2D eigenvalue weighted by molar-refractivity contribution is 1.03. The van der Waals surface area contributed by atoms with E-state index in [1.807, 2.05) is 30.5 Å². The molecule has 0 aliphatic heterocycles. The van der Waals surface area contributed by atoms with E-state index >= 15 is 0 Å². The van der Waals surface area contributed by atoms with Crippen molar-refractivity contribution in [1.29, 1.82) is 5.26 Å². The second-order valence-corrected chi connectivity index (χ2v) is 5.06. The molecule has 0 bridgehead atoms. The van der Waals surface area contributed by atoms with Crippen molar-refractivity contribution in [2.45, 2.75) is 5.03 Å². The number of benzene rings is 1. The Bertz CT molecular complexity index is 592. The van der Waals surface area contributed by atoms with Crippen LogP contribution in [-0.4, -0.2) is 16.2 Å². The normalized spacial score (nSPS) is 9.83. The summed E-state index contributed by atoms with van der Waals surface area (Å²) in [6.45, 7) is 0. The van der Waals surface area contributed by atoms with E-state index in [9.17, 15) is 0 Å². The van der Waals surface area contributed by atoms with Crippen LogP contribution < -0.4 is 5.32 Å². The molecule has 1 heterocycles. The third kappa shape index (κ3) is 2.81. The zero-order valence-electron chi connectivity index (χ0n) is 9.51. The fourth-order valence-electron chi connectivity index (χ4n) is 1.39. The van der Waals surface area contributed by atoms with E-state index in [1.165, 1.54) is 18.1 Å². The van der Waals surface area contributed by atoms with E-state index in [0.717, 1.165) is 10.2 Å². The SMILES string of the molecule is CSc1ncnc(Nc2ccc(Br)cc2)c1C#N. The Morgan fingerprint density at radius 1 is 1.28 bits per heavy atom. The van der Waals surface area contributed by atoms with Crippen LogP contribution in [0.25, 0.3) is 0 Å². The number of rotatable bonds is 3. The van der Waals surface area contributed by atoms with Crippen molar-refractivity contribution < 1.29 is 0 Å². The number of aromatic nitrogens is 2. The standard InChI is InChI=1S/C12H9BrN4S/c1-18-12-10(6-14)11(15-7-16-12)17-9-4-2-8(13)3-5-9/h2-5,7H,1H3,(H,15,16,17). The largest absolute Gasteiger partial charge is 0.339 e. The molecule has 18 heavy (non-hydrogen) atoms. The van der Waals surface area contributed by atoms with Gasteiger partial charge in [0.2, 0.25) is 0 Å². The Morgan fingerprint density at radius 2 is 2.00 bits per heavy atom. The number of nitrogens with one attached hydrogen (secondary N) is 1. The number of anilines is 2. The average Bonchev–Trinajstić information content (AvgIpc) is 2.41. The van der Waals surface area contributed by atoms with Gasteiger partial charge in [0, 0.05) is 10.2 Å². The zero-order chi connectivity index (χ0) is 13.0. The highest BCUT2D eigenvalue weighted by Crippen LogP contribution is 2.25. The summed E-state index contributed by atoms with van der Waals surface area (Å²) in [5, 5.41) is 13.0. The van der Waals surface area contributed by atoms with Crippen molar-refractivity contribution in [3.05, 3.63) is 40.6 Å². The van der Waals surface area contributed by atoms with Gasteiger partial charge in [0.05, 0.1) is 0 Å². The molecule has 4 nitrogen and oxygen atoms in total. The van der Waals surface area contributed by atoms with Gasteiger partial charge in [0.25, 0.3) is 0 Å². The molecular formula is C12H9BrN4S. The Hall–Kier alpha value is -1.58. The summed E-state index contributed by atoms with van der Waals surface area (Å²) >= 11 is 4.80. The maximum atomic E-state index is 9.16. The van der Waals surface area contributed by atoms with E-state index in [2.05, 4.69) is 37.3 Å². The van der Waals surface area contributed by atoms with Crippen LogP contribution in [0.3, 0.4) is 0 Å². The highest BCUT2D eigenvalue weighted by molar-refractivity contribution is 9.10. The molecule has 0 fully saturated rings. The van der Waals surface area contributed by atoms with Crippen molar-refractivity contribution in [1.82, 2.24) is 9.97 Å². The Labute approximate surface area is 118 Å². The molecule has 0 radical (unpaired) electrons. The van der Waals surface area contributed by atoms with Gasteiger partial charge in [0.15, 0.2) is 5.82 Å².